The van der Waals surface area contributed by atoms with Crippen molar-refractivity contribution in [2.75, 3.05) is 0 Å². The maximum absolute atomic E-state index is 12.3. The van der Waals surface area contributed by atoms with E-state index in [1.165, 1.54) is 0 Å². The summed E-state index contributed by atoms with van der Waals surface area (Å²) in [5.41, 5.74) is 1.14. The van der Waals surface area contributed by atoms with Gasteiger partial charge in [-0.15, -0.1) is 0 Å². The molecule has 0 amide bonds. The highest BCUT2D eigenvalue weighted by molar-refractivity contribution is 5.96. The lowest BCUT2D eigenvalue weighted by Crippen LogP contribution is -2.29. The van der Waals surface area contributed by atoms with E-state index < -0.39 is 18.0 Å². The van der Waals surface area contributed by atoms with Gasteiger partial charge in [-0.2, -0.15) is 0 Å². The number of esters is 1. The Bertz CT molecular complexity index is 871. The number of ether oxygens (including phenoxy) is 1. The molecule has 0 radical (unpaired) electrons. The second-order valence-electron chi connectivity index (χ2n) is 5.48. The van der Waals surface area contributed by atoms with Crippen LogP contribution in [0.5, 0.6) is 0 Å². The summed E-state index contributed by atoms with van der Waals surface area (Å²) in [5.74, 6) is -1.79. The second-order valence-corrected chi connectivity index (χ2v) is 5.48. The van der Waals surface area contributed by atoms with Crippen molar-refractivity contribution in [2.45, 2.75) is 12.5 Å². The van der Waals surface area contributed by atoms with E-state index in [2.05, 4.69) is 0 Å². The van der Waals surface area contributed by atoms with Gasteiger partial charge < -0.3 is 9.84 Å². The van der Waals surface area contributed by atoms with Crippen LogP contribution in [0.1, 0.15) is 15.9 Å². The van der Waals surface area contributed by atoms with E-state index in [0.717, 1.165) is 16.3 Å². The fourth-order valence-electron chi connectivity index (χ4n) is 2.52. The van der Waals surface area contributed by atoms with Crippen LogP contribution in [0.3, 0.4) is 0 Å². The molecule has 3 rings (SSSR count). The Morgan fingerprint density at radius 3 is 2.25 bits per heavy atom. The average Bonchev–Trinajstić information content (AvgIpc) is 2.61. The number of carbonyl (C=O) groups excluding carboxylic acids is 1. The fourth-order valence-corrected chi connectivity index (χ4v) is 2.52. The highest BCUT2D eigenvalue weighted by Gasteiger charge is 2.23. The molecule has 0 saturated carbocycles. The summed E-state index contributed by atoms with van der Waals surface area (Å²) in [6.07, 6.45) is -1.08. The molecule has 0 aliphatic carbocycles. The number of fused-ring (bicyclic) bond motifs is 1. The van der Waals surface area contributed by atoms with Crippen molar-refractivity contribution >= 4 is 22.7 Å². The molecule has 0 spiro atoms. The Labute approximate surface area is 139 Å². The number of hydrogen-bond donors (Lipinski definition) is 1. The van der Waals surface area contributed by atoms with Gasteiger partial charge in [-0.3, -0.25) is 0 Å². The maximum atomic E-state index is 12.3. The van der Waals surface area contributed by atoms with Crippen molar-refractivity contribution in [1.82, 2.24) is 0 Å². The summed E-state index contributed by atoms with van der Waals surface area (Å²) < 4.78 is 5.21. The first kappa shape index (κ1) is 15.7. The molecule has 0 aromatic heterocycles. The molecule has 1 N–H and O–H groups in total. The lowest BCUT2D eigenvalue weighted by Gasteiger charge is -2.14. The highest BCUT2D eigenvalue weighted by Crippen LogP contribution is 2.17. The molecule has 0 aliphatic rings. The lowest BCUT2D eigenvalue weighted by molar-refractivity contribution is -0.147. The second kappa shape index (κ2) is 6.96. The normalized spacial score (nSPS) is 11.8. The average molecular weight is 320 g/mol. The number of rotatable bonds is 5. The summed E-state index contributed by atoms with van der Waals surface area (Å²) in [4.78, 5) is 23.7. The number of carbonyl (C=O) groups is 2. The zero-order valence-electron chi connectivity index (χ0n) is 12.9. The van der Waals surface area contributed by atoms with Gasteiger partial charge in [-0.25, -0.2) is 9.59 Å². The first-order chi connectivity index (χ1) is 11.6. The minimum Gasteiger partial charge on any atom is -0.478 e. The van der Waals surface area contributed by atoms with Crippen molar-refractivity contribution in [3.8, 4) is 0 Å². The molecule has 4 heteroatoms. The minimum atomic E-state index is -1.22. The van der Waals surface area contributed by atoms with Gasteiger partial charge in [0.1, 0.15) is 0 Å². The molecule has 0 heterocycles. The van der Waals surface area contributed by atoms with Crippen molar-refractivity contribution in [1.29, 1.82) is 0 Å². The molecule has 1 atom stereocenters. The zero-order chi connectivity index (χ0) is 16.9. The third-order valence-corrected chi connectivity index (χ3v) is 3.77. The topological polar surface area (TPSA) is 63.6 Å². The van der Waals surface area contributed by atoms with Crippen molar-refractivity contribution in [2.24, 2.45) is 0 Å². The van der Waals surface area contributed by atoms with Crippen LogP contribution in [0, 0.1) is 0 Å². The van der Waals surface area contributed by atoms with Crippen LogP contribution in [0.15, 0.2) is 72.8 Å². The molecular weight excluding hydrogens is 304 g/mol. The van der Waals surface area contributed by atoms with E-state index in [-0.39, 0.29) is 6.42 Å². The van der Waals surface area contributed by atoms with Crippen LogP contribution in [0.25, 0.3) is 10.8 Å². The van der Waals surface area contributed by atoms with Crippen LogP contribution in [-0.4, -0.2) is 23.1 Å². The molecule has 3 aromatic rings. The molecule has 0 aliphatic heterocycles. The summed E-state index contributed by atoms with van der Waals surface area (Å²) in [7, 11) is 0. The van der Waals surface area contributed by atoms with E-state index >= 15 is 0 Å². The van der Waals surface area contributed by atoms with Gasteiger partial charge in [0.25, 0.3) is 0 Å². The summed E-state index contributed by atoms with van der Waals surface area (Å²) in [5, 5.41) is 11.2. The predicted molar refractivity (Wildman–Crippen MR) is 90.9 cm³/mol. The molecule has 4 nitrogen and oxygen atoms in total. The summed E-state index contributed by atoms with van der Waals surface area (Å²) in [6.45, 7) is 0. The number of benzene rings is 3. The van der Waals surface area contributed by atoms with Gasteiger partial charge in [0.05, 0.1) is 5.56 Å². The Morgan fingerprint density at radius 2 is 1.54 bits per heavy atom. The van der Waals surface area contributed by atoms with Crippen molar-refractivity contribution in [3.05, 3.63) is 83.9 Å². The Balaban J connectivity index is 1.78. The Kier molecular flexibility index (Phi) is 4.57. The van der Waals surface area contributed by atoms with E-state index in [0.29, 0.717) is 5.56 Å². The maximum Gasteiger partial charge on any atom is 0.345 e. The molecular formula is C20H16O4. The third kappa shape index (κ3) is 3.60. The monoisotopic (exact) mass is 320 g/mol. The first-order valence-electron chi connectivity index (χ1n) is 7.60. The number of hydrogen-bond acceptors (Lipinski definition) is 3. The van der Waals surface area contributed by atoms with Crippen LogP contribution >= 0.6 is 0 Å². The minimum absolute atomic E-state index is 0.134. The Hall–Kier alpha value is -3.14. The quantitative estimate of drug-likeness (QED) is 0.728. The number of carboxylic acids is 1. The third-order valence-electron chi connectivity index (χ3n) is 3.77. The van der Waals surface area contributed by atoms with Gasteiger partial charge in [0.15, 0.2) is 0 Å². The van der Waals surface area contributed by atoms with Gasteiger partial charge >= 0.3 is 11.9 Å². The van der Waals surface area contributed by atoms with Gasteiger partial charge in [0.2, 0.25) is 6.10 Å². The largest absolute Gasteiger partial charge is 0.478 e. The van der Waals surface area contributed by atoms with E-state index in [4.69, 9.17) is 4.74 Å². The SMILES string of the molecule is O=C(O[C@H](Cc1ccccc1)C(=O)O)c1ccc2ccccc2c1. The van der Waals surface area contributed by atoms with Crippen LogP contribution in [-0.2, 0) is 16.0 Å². The summed E-state index contributed by atoms with van der Waals surface area (Å²) >= 11 is 0. The smallest absolute Gasteiger partial charge is 0.345 e. The fraction of sp³-hybridized carbons (Fsp3) is 0.100. The highest BCUT2D eigenvalue weighted by atomic mass is 16.6. The van der Waals surface area contributed by atoms with Gasteiger partial charge in [0, 0.05) is 6.42 Å². The van der Waals surface area contributed by atoms with Crippen molar-refractivity contribution < 1.29 is 19.4 Å². The number of aliphatic carboxylic acids is 1. The molecule has 0 fully saturated rings. The van der Waals surface area contributed by atoms with E-state index in [9.17, 15) is 14.7 Å². The predicted octanol–water partition coefficient (Wildman–Crippen LogP) is 3.69. The van der Waals surface area contributed by atoms with Crippen molar-refractivity contribution in [3.63, 3.8) is 0 Å². The van der Waals surface area contributed by atoms with Gasteiger partial charge in [-0.1, -0.05) is 60.7 Å². The molecule has 0 unspecified atom stereocenters. The van der Waals surface area contributed by atoms with Crippen LogP contribution in [0.2, 0.25) is 0 Å². The van der Waals surface area contributed by atoms with Crippen LogP contribution < -0.4 is 0 Å². The standard InChI is InChI=1S/C20H16O4/c21-19(22)18(12-14-6-2-1-3-7-14)24-20(23)17-11-10-15-8-4-5-9-16(15)13-17/h1-11,13,18H,12H2,(H,21,22)/t18-/m1/s1. The van der Waals surface area contributed by atoms with E-state index in [1.807, 2.05) is 48.5 Å². The molecule has 120 valence electrons. The number of carboxylic acid groups (broad SMARTS) is 1. The van der Waals surface area contributed by atoms with E-state index in [1.54, 1.807) is 24.3 Å². The van der Waals surface area contributed by atoms with Gasteiger partial charge in [-0.05, 0) is 28.5 Å². The zero-order valence-corrected chi connectivity index (χ0v) is 12.9. The molecule has 3 aromatic carbocycles. The molecule has 24 heavy (non-hydrogen) atoms. The molecule has 0 bridgehead atoms. The molecule has 0 saturated heterocycles. The summed E-state index contributed by atoms with van der Waals surface area (Å²) in [6, 6.07) is 21.9. The lowest BCUT2D eigenvalue weighted by atomic mass is 10.1. The first-order valence-corrected chi connectivity index (χ1v) is 7.60. The van der Waals surface area contributed by atoms with Crippen LogP contribution in [0.4, 0.5) is 0 Å². The Morgan fingerprint density at radius 1 is 0.875 bits per heavy atom.